The van der Waals surface area contributed by atoms with E-state index in [9.17, 15) is 9.59 Å². The van der Waals surface area contributed by atoms with Crippen LogP contribution in [0.25, 0.3) is 6.08 Å². The van der Waals surface area contributed by atoms with Crippen LogP contribution in [-0.4, -0.2) is 16.7 Å². The molecule has 0 fully saturated rings. The smallest absolute Gasteiger partial charge is 0.345 e. The van der Waals surface area contributed by atoms with Crippen molar-refractivity contribution in [3.63, 3.8) is 0 Å². The molecule has 1 aromatic heterocycles. The minimum absolute atomic E-state index is 0.203. The molecule has 0 aliphatic carbocycles. The summed E-state index contributed by atoms with van der Waals surface area (Å²) in [6.07, 6.45) is 4.70. The highest BCUT2D eigenvalue weighted by atomic mass is 79.9. The molecule has 138 valence electrons. The van der Waals surface area contributed by atoms with Crippen molar-refractivity contribution in [3.05, 3.63) is 93.4 Å². The second-order valence-electron chi connectivity index (χ2n) is 6.19. The van der Waals surface area contributed by atoms with Gasteiger partial charge in [-0.15, -0.1) is 0 Å². The van der Waals surface area contributed by atoms with Gasteiger partial charge in [-0.05, 0) is 55.0 Å². The van der Waals surface area contributed by atoms with Crippen LogP contribution in [0.3, 0.4) is 0 Å². The lowest BCUT2D eigenvalue weighted by molar-refractivity contribution is 0.0732. The highest BCUT2D eigenvalue weighted by Gasteiger charge is 2.30. The van der Waals surface area contributed by atoms with Crippen molar-refractivity contribution >= 4 is 33.8 Å². The van der Waals surface area contributed by atoms with E-state index in [1.807, 2.05) is 24.3 Å². The predicted molar refractivity (Wildman–Crippen MR) is 107 cm³/mol. The van der Waals surface area contributed by atoms with Crippen molar-refractivity contribution in [1.82, 2.24) is 4.98 Å². The number of halogens is 1. The molecule has 0 radical (unpaired) electrons. The molecule has 0 saturated carbocycles. The zero-order valence-corrected chi connectivity index (χ0v) is 16.4. The van der Waals surface area contributed by atoms with Crippen molar-refractivity contribution in [3.8, 4) is 11.5 Å². The summed E-state index contributed by atoms with van der Waals surface area (Å²) in [5, 5.41) is 0. The fourth-order valence-electron chi connectivity index (χ4n) is 2.83. The van der Waals surface area contributed by atoms with Crippen LogP contribution in [0.5, 0.6) is 11.5 Å². The zero-order chi connectivity index (χ0) is 19.7. The standard InChI is InChI=1S/C22H14BrNO4/c1-13-18(28-22(26)15-3-2-10-24-12-15)9-8-17-20(25)19(27-21(13)17)11-14-4-6-16(23)7-5-14/h2-12H,1H3/b19-11-. The molecule has 5 nitrogen and oxygen atoms in total. The Balaban J connectivity index is 1.61. The van der Waals surface area contributed by atoms with Crippen LogP contribution in [0.15, 0.2) is 71.2 Å². The summed E-state index contributed by atoms with van der Waals surface area (Å²) in [6, 6.07) is 14.0. The van der Waals surface area contributed by atoms with Gasteiger partial charge in [0.2, 0.25) is 5.78 Å². The Kier molecular flexibility index (Phi) is 4.79. The molecule has 6 heteroatoms. The van der Waals surface area contributed by atoms with E-state index >= 15 is 0 Å². The van der Waals surface area contributed by atoms with Gasteiger partial charge in [-0.3, -0.25) is 9.78 Å². The van der Waals surface area contributed by atoms with Crippen LogP contribution in [0.4, 0.5) is 0 Å². The summed E-state index contributed by atoms with van der Waals surface area (Å²) in [5.74, 6) is 0.253. The number of nitrogens with zero attached hydrogens (tertiary/aromatic N) is 1. The number of allylic oxidation sites excluding steroid dienone is 1. The number of esters is 1. The number of ether oxygens (including phenoxy) is 2. The summed E-state index contributed by atoms with van der Waals surface area (Å²) in [4.78, 5) is 28.8. The molecule has 0 amide bonds. The van der Waals surface area contributed by atoms with Crippen LogP contribution in [0, 0.1) is 6.92 Å². The van der Waals surface area contributed by atoms with Gasteiger partial charge in [0.25, 0.3) is 0 Å². The van der Waals surface area contributed by atoms with Crippen molar-refractivity contribution in [2.45, 2.75) is 6.92 Å². The lowest BCUT2D eigenvalue weighted by Gasteiger charge is -2.10. The van der Waals surface area contributed by atoms with Gasteiger partial charge in [0.1, 0.15) is 11.5 Å². The van der Waals surface area contributed by atoms with Crippen molar-refractivity contribution in [2.24, 2.45) is 0 Å². The van der Waals surface area contributed by atoms with Gasteiger partial charge in [-0.25, -0.2) is 4.79 Å². The summed E-state index contributed by atoms with van der Waals surface area (Å²) >= 11 is 3.38. The van der Waals surface area contributed by atoms with E-state index in [-0.39, 0.29) is 11.5 Å². The number of aromatic nitrogens is 1. The van der Waals surface area contributed by atoms with Gasteiger partial charge < -0.3 is 9.47 Å². The van der Waals surface area contributed by atoms with E-state index in [1.165, 1.54) is 6.20 Å². The molecule has 2 heterocycles. The number of carbonyl (C=O) groups is 2. The Morgan fingerprint density at radius 2 is 1.93 bits per heavy atom. The number of hydrogen-bond acceptors (Lipinski definition) is 5. The first-order valence-corrected chi connectivity index (χ1v) is 9.28. The molecule has 0 saturated heterocycles. The van der Waals surface area contributed by atoms with Crippen LogP contribution in [0.1, 0.15) is 31.8 Å². The van der Waals surface area contributed by atoms with Gasteiger partial charge in [0.15, 0.2) is 5.76 Å². The fraction of sp³-hybridized carbons (Fsp3) is 0.0455. The molecule has 0 bridgehead atoms. The molecule has 0 spiro atoms. The van der Waals surface area contributed by atoms with E-state index in [0.29, 0.717) is 28.2 Å². The SMILES string of the molecule is Cc1c(OC(=O)c2cccnc2)ccc2c1O/C(=C\c1ccc(Br)cc1)C2=O. The number of rotatable bonds is 3. The Morgan fingerprint density at radius 3 is 2.64 bits per heavy atom. The van der Waals surface area contributed by atoms with Crippen LogP contribution in [0.2, 0.25) is 0 Å². The minimum Gasteiger partial charge on any atom is -0.452 e. The van der Waals surface area contributed by atoms with Gasteiger partial charge in [-0.1, -0.05) is 28.1 Å². The van der Waals surface area contributed by atoms with E-state index in [2.05, 4.69) is 20.9 Å². The second kappa shape index (κ2) is 7.40. The third kappa shape index (κ3) is 3.46. The molecule has 0 atom stereocenters. The Labute approximate surface area is 169 Å². The van der Waals surface area contributed by atoms with Gasteiger partial charge in [0.05, 0.1) is 11.1 Å². The lowest BCUT2D eigenvalue weighted by Crippen LogP contribution is -2.09. The summed E-state index contributed by atoms with van der Waals surface area (Å²) < 4.78 is 12.2. The third-order valence-electron chi connectivity index (χ3n) is 4.30. The highest BCUT2D eigenvalue weighted by molar-refractivity contribution is 9.10. The van der Waals surface area contributed by atoms with Gasteiger partial charge in [-0.2, -0.15) is 0 Å². The maximum atomic E-state index is 12.7. The zero-order valence-electron chi connectivity index (χ0n) is 14.8. The number of Topliss-reactive ketones (excluding diaryl/α,β-unsaturated/α-hetero) is 1. The summed E-state index contributed by atoms with van der Waals surface area (Å²) in [7, 11) is 0. The normalized spacial score (nSPS) is 13.9. The number of carbonyl (C=O) groups excluding carboxylic acids is 2. The summed E-state index contributed by atoms with van der Waals surface area (Å²) in [5.41, 5.74) is 2.22. The predicted octanol–water partition coefficient (Wildman–Crippen LogP) is 4.99. The van der Waals surface area contributed by atoms with Crippen LogP contribution >= 0.6 is 15.9 Å². The van der Waals surface area contributed by atoms with Crippen molar-refractivity contribution in [1.29, 1.82) is 0 Å². The van der Waals surface area contributed by atoms with E-state index in [1.54, 1.807) is 43.5 Å². The third-order valence-corrected chi connectivity index (χ3v) is 4.83. The van der Waals surface area contributed by atoms with Gasteiger partial charge in [0, 0.05) is 22.4 Å². The minimum atomic E-state index is -0.522. The van der Waals surface area contributed by atoms with Crippen LogP contribution < -0.4 is 9.47 Å². The fourth-order valence-corrected chi connectivity index (χ4v) is 3.10. The van der Waals surface area contributed by atoms with E-state index < -0.39 is 5.97 Å². The van der Waals surface area contributed by atoms with Crippen molar-refractivity contribution in [2.75, 3.05) is 0 Å². The van der Waals surface area contributed by atoms with E-state index in [0.717, 1.165) is 10.0 Å². The van der Waals surface area contributed by atoms with E-state index in [4.69, 9.17) is 9.47 Å². The maximum Gasteiger partial charge on any atom is 0.345 e. The molecule has 28 heavy (non-hydrogen) atoms. The highest BCUT2D eigenvalue weighted by Crippen LogP contribution is 2.39. The lowest BCUT2D eigenvalue weighted by atomic mass is 10.1. The monoisotopic (exact) mass is 435 g/mol. The first-order valence-electron chi connectivity index (χ1n) is 8.48. The molecule has 2 aromatic carbocycles. The topological polar surface area (TPSA) is 65.5 Å². The molecule has 0 unspecified atom stereocenters. The molecule has 1 aliphatic rings. The molecular weight excluding hydrogens is 422 g/mol. The number of hydrogen-bond donors (Lipinski definition) is 0. The largest absolute Gasteiger partial charge is 0.452 e. The Bertz CT molecular complexity index is 1110. The number of ketones is 1. The Hall–Kier alpha value is -3.25. The van der Waals surface area contributed by atoms with Crippen LogP contribution in [-0.2, 0) is 0 Å². The summed E-state index contributed by atoms with van der Waals surface area (Å²) in [6.45, 7) is 1.75. The average Bonchev–Trinajstić information content (AvgIpc) is 3.03. The van der Waals surface area contributed by atoms with Gasteiger partial charge >= 0.3 is 5.97 Å². The number of benzene rings is 2. The second-order valence-corrected chi connectivity index (χ2v) is 7.10. The molecular formula is C22H14BrNO4. The number of pyridine rings is 1. The molecule has 3 aromatic rings. The van der Waals surface area contributed by atoms with Crippen molar-refractivity contribution < 1.29 is 19.1 Å². The quantitative estimate of drug-likeness (QED) is 0.329. The molecule has 4 rings (SSSR count). The Morgan fingerprint density at radius 1 is 1.14 bits per heavy atom. The molecule has 1 aliphatic heterocycles. The average molecular weight is 436 g/mol. The maximum absolute atomic E-state index is 12.7. The molecule has 0 N–H and O–H groups in total. The number of fused-ring (bicyclic) bond motifs is 1. The first-order chi connectivity index (χ1) is 13.5. The first kappa shape index (κ1) is 18.1.